The summed E-state index contributed by atoms with van der Waals surface area (Å²) in [5, 5.41) is 13.6. The predicted molar refractivity (Wildman–Crippen MR) is 94.8 cm³/mol. The largest absolute Gasteiger partial charge is 0.309 e. The molecule has 0 bridgehead atoms. The number of hydrogen-bond donors (Lipinski definition) is 0. The lowest BCUT2D eigenvalue weighted by molar-refractivity contribution is 0.209. The van der Waals surface area contributed by atoms with Gasteiger partial charge in [-0.1, -0.05) is 30.3 Å². The van der Waals surface area contributed by atoms with Gasteiger partial charge in [0.2, 0.25) is 0 Å². The molecule has 0 spiro atoms. The molecule has 6 nitrogen and oxygen atoms in total. The molecule has 1 aromatic carbocycles. The summed E-state index contributed by atoms with van der Waals surface area (Å²) in [6.07, 6.45) is 4.76. The Morgan fingerprint density at radius 3 is 2.72 bits per heavy atom. The average molecular weight is 334 g/mol. The second kappa shape index (κ2) is 5.81. The van der Waals surface area contributed by atoms with Gasteiger partial charge in [0.05, 0.1) is 12.2 Å². The fourth-order valence-corrected chi connectivity index (χ4v) is 3.76. The van der Waals surface area contributed by atoms with Gasteiger partial charge in [0.15, 0.2) is 5.82 Å². The van der Waals surface area contributed by atoms with Crippen LogP contribution in [0.1, 0.15) is 35.8 Å². The average Bonchev–Trinajstić information content (AvgIpc) is 3.29. The van der Waals surface area contributed by atoms with E-state index in [9.17, 15) is 0 Å². The summed E-state index contributed by atoms with van der Waals surface area (Å²) in [5.74, 6) is 2.73. The fraction of sp³-hybridized carbons (Fsp3) is 0.421. The Kier molecular flexibility index (Phi) is 3.45. The summed E-state index contributed by atoms with van der Waals surface area (Å²) >= 11 is 0. The van der Waals surface area contributed by atoms with Gasteiger partial charge in [-0.05, 0) is 12.8 Å². The zero-order valence-corrected chi connectivity index (χ0v) is 14.5. The molecular weight excluding hydrogens is 312 g/mol. The summed E-state index contributed by atoms with van der Waals surface area (Å²) in [6, 6.07) is 10.3. The highest BCUT2D eigenvalue weighted by molar-refractivity contribution is 5.55. The van der Waals surface area contributed by atoms with Gasteiger partial charge < -0.3 is 4.57 Å². The van der Waals surface area contributed by atoms with Crippen LogP contribution in [0.4, 0.5) is 0 Å². The molecule has 5 rings (SSSR count). The summed E-state index contributed by atoms with van der Waals surface area (Å²) in [6.45, 7) is 3.75. The standard InChI is InChI=1S/C19H22N6/c1-23-11-16(18(22-23)14-7-8-14)12-24-9-10-25-17(13-24)20-21-19(25)15-5-3-2-4-6-15/h2-6,11,14H,7-10,12-13H2,1H3. The number of nitrogens with zero attached hydrogens (tertiary/aromatic N) is 6. The molecule has 0 amide bonds. The zero-order valence-electron chi connectivity index (χ0n) is 14.5. The number of hydrogen-bond acceptors (Lipinski definition) is 4. The molecule has 1 saturated carbocycles. The van der Waals surface area contributed by atoms with Crippen LogP contribution in [0.2, 0.25) is 0 Å². The van der Waals surface area contributed by atoms with Crippen molar-refractivity contribution < 1.29 is 0 Å². The highest BCUT2D eigenvalue weighted by Gasteiger charge is 2.30. The molecule has 0 atom stereocenters. The highest BCUT2D eigenvalue weighted by Crippen LogP contribution is 2.41. The molecule has 6 heteroatoms. The van der Waals surface area contributed by atoms with Crippen molar-refractivity contribution in [3.63, 3.8) is 0 Å². The van der Waals surface area contributed by atoms with Crippen molar-refractivity contribution in [1.29, 1.82) is 0 Å². The molecular formula is C19H22N6. The molecule has 25 heavy (non-hydrogen) atoms. The second-order valence-electron chi connectivity index (χ2n) is 7.16. The first kappa shape index (κ1) is 14.8. The maximum Gasteiger partial charge on any atom is 0.164 e. The first-order valence-electron chi connectivity index (χ1n) is 9.00. The molecule has 1 aliphatic heterocycles. The molecule has 1 fully saturated rings. The lowest BCUT2D eigenvalue weighted by atomic mass is 10.1. The number of rotatable bonds is 4. The van der Waals surface area contributed by atoms with Crippen LogP contribution in [-0.2, 0) is 26.7 Å². The zero-order chi connectivity index (χ0) is 16.8. The van der Waals surface area contributed by atoms with E-state index in [0.29, 0.717) is 5.92 Å². The quantitative estimate of drug-likeness (QED) is 0.736. The summed E-state index contributed by atoms with van der Waals surface area (Å²) in [7, 11) is 2.02. The van der Waals surface area contributed by atoms with Crippen molar-refractivity contribution in [2.24, 2.45) is 7.05 Å². The Bertz CT molecular complexity index is 890. The normalized spacial score (nSPS) is 17.6. The lowest BCUT2D eigenvalue weighted by Crippen LogP contribution is -2.33. The van der Waals surface area contributed by atoms with Gasteiger partial charge in [0, 0.05) is 49.9 Å². The van der Waals surface area contributed by atoms with Crippen molar-refractivity contribution in [2.75, 3.05) is 6.54 Å². The maximum absolute atomic E-state index is 4.68. The Morgan fingerprint density at radius 1 is 1.08 bits per heavy atom. The molecule has 128 valence electrons. The van der Waals surface area contributed by atoms with Crippen LogP contribution in [0.25, 0.3) is 11.4 Å². The van der Waals surface area contributed by atoms with Crippen molar-refractivity contribution in [3.8, 4) is 11.4 Å². The first-order valence-corrected chi connectivity index (χ1v) is 9.00. The summed E-state index contributed by atoms with van der Waals surface area (Å²) in [4.78, 5) is 2.46. The Balaban J connectivity index is 1.36. The van der Waals surface area contributed by atoms with Gasteiger partial charge in [-0.15, -0.1) is 10.2 Å². The molecule has 1 aliphatic carbocycles. The van der Waals surface area contributed by atoms with Crippen LogP contribution in [-0.4, -0.2) is 36.0 Å². The van der Waals surface area contributed by atoms with Crippen molar-refractivity contribution in [1.82, 2.24) is 29.4 Å². The van der Waals surface area contributed by atoms with Crippen molar-refractivity contribution in [3.05, 3.63) is 53.6 Å². The first-order chi connectivity index (χ1) is 12.3. The minimum atomic E-state index is 0.689. The van der Waals surface area contributed by atoms with E-state index >= 15 is 0 Å². The lowest BCUT2D eigenvalue weighted by Gasteiger charge is -2.27. The maximum atomic E-state index is 4.68. The van der Waals surface area contributed by atoms with Crippen LogP contribution in [0.5, 0.6) is 0 Å². The van der Waals surface area contributed by atoms with E-state index in [2.05, 4.69) is 43.1 Å². The van der Waals surface area contributed by atoms with Gasteiger partial charge in [-0.2, -0.15) is 5.10 Å². The molecule has 2 aliphatic rings. The van der Waals surface area contributed by atoms with Crippen LogP contribution < -0.4 is 0 Å². The smallest absolute Gasteiger partial charge is 0.164 e. The van der Waals surface area contributed by atoms with Crippen LogP contribution in [0.3, 0.4) is 0 Å². The molecule has 3 aromatic rings. The van der Waals surface area contributed by atoms with E-state index in [4.69, 9.17) is 0 Å². The van der Waals surface area contributed by atoms with Crippen LogP contribution in [0.15, 0.2) is 36.5 Å². The minimum absolute atomic E-state index is 0.689. The predicted octanol–water partition coefficient (Wildman–Crippen LogP) is 2.57. The summed E-state index contributed by atoms with van der Waals surface area (Å²) in [5.41, 5.74) is 3.82. The van der Waals surface area contributed by atoms with Crippen molar-refractivity contribution >= 4 is 0 Å². The SMILES string of the molecule is Cn1cc(CN2CCn3c(nnc3-c3ccccc3)C2)c(C2CC2)n1. The van der Waals surface area contributed by atoms with Gasteiger partial charge in [-0.3, -0.25) is 9.58 Å². The number of benzene rings is 1. The number of fused-ring (bicyclic) bond motifs is 1. The highest BCUT2D eigenvalue weighted by atomic mass is 15.3. The van der Waals surface area contributed by atoms with Gasteiger partial charge in [-0.25, -0.2) is 0 Å². The van der Waals surface area contributed by atoms with Crippen molar-refractivity contribution in [2.45, 2.75) is 38.4 Å². The third-order valence-corrected chi connectivity index (χ3v) is 5.16. The Morgan fingerprint density at radius 2 is 1.92 bits per heavy atom. The van der Waals surface area contributed by atoms with Gasteiger partial charge in [0.1, 0.15) is 5.82 Å². The van der Waals surface area contributed by atoms with Gasteiger partial charge >= 0.3 is 0 Å². The van der Waals surface area contributed by atoms with E-state index in [1.54, 1.807) is 0 Å². The third-order valence-electron chi connectivity index (χ3n) is 5.16. The monoisotopic (exact) mass is 334 g/mol. The molecule has 3 heterocycles. The minimum Gasteiger partial charge on any atom is -0.309 e. The topological polar surface area (TPSA) is 51.8 Å². The number of aryl methyl sites for hydroxylation is 1. The van der Waals surface area contributed by atoms with E-state index < -0.39 is 0 Å². The fourth-order valence-electron chi connectivity index (χ4n) is 3.76. The molecule has 2 aromatic heterocycles. The van der Waals surface area contributed by atoms with E-state index in [1.807, 2.05) is 29.9 Å². The molecule has 0 radical (unpaired) electrons. The molecule has 0 saturated heterocycles. The van der Waals surface area contributed by atoms with E-state index in [0.717, 1.165) is 43.4 Å². The molecule has 0 unspecified atom stereocenters. The Hall–Kier alpha value is -2.47. The molecule has 0 N–H and O–H groups in total. The Labute approximate surface area is 147 Å². The third kappa shape index (κ3) is 2.76. The van der Waals surface area contributed by atoms with Crippen LogP contribution >= 0.6 is 0 Å². The van der Waals surface area contributed by atoms with Gasteiger partial charge in [0.25, 0.3) is 0 Å². The summed E-state index contributed by atoms with van der Waals surface area (Å²) < 4.78 is 4.22. The van der Waals surface area contributed by atoms with E-state index in [-0.39, 0.29) is 0 Å². The second-order valence-corrected chi connectivity index (χ2v) is 7.16. The van der Waals surface area contributed by atoms with Crippen LogP contribution in [0, 0.1) is 0 Å². The number of aromatic nitrogens is 5. The van der Waals surface area contributed by atoms with E-state index in [1.165, 1.54) is 24.1 Å².